The largest absolute Gasteiger partial charge is 0.465 e. The Balaban J connectivity index is 2.13. The predicted octanol–water partition coefficient (Wildman–Crippen LogP) is 8.16. The summed E-state index contributed by atoms with van der Waals surface area (Å²) in [5, 5.41) is 0. The van der Waals surface area contributed by atoms with E-state index in [4.69, 9.17) is 4.74 Å². The van der Waals surface area contributed by atoms with Crippen molar-refractivity contribution >= 4 is 5.97 Å². The van der Waals surface area contributed by atoms with E-state index in [2.05, 4.69) is 32.6 Å². The Morgan fingerprint density at radius 1 is 0.806 bits per heavy atom. The molecule has 0 amide bonds. The standard InChI is InChI=1S/C28H55NO2/c1-5-7-11-18-26(19-12-8-6-2)20-17-25-31-27(30)28(3,4)21-13-9-10-14-22-29-23-15-16-24-29/h26H,5-25H2,1-4H3. The van der Waals surface area contributed by atoms with Gasteiger partial charge in [-0.05, 0) is 77.9 Å². The first kappa shape index (κ1) is 28.5. The molecule has 1 heterocycles. The van der Waals surface area contributed by atoms with Gasteiger partial charge in [0.2, 0.25) is 0 Å². The fourth-order valence-electron chi connectivity index (χ4n) is 4.90. The Hall–Kier alpha value is -0.570. The normalized spacial score (nSPS) is 15.1. The average molecular weight is 438 g/mol. The van der Waals surface area contributed by atoms with Crippen molar-refractivity contribution in [3.8, 4) is 0 Å². The van der Waals surface area contributed by atoms with Crippen LogP contribution in [0, 0.1) is 11.3 Å². The fraction of sp³-hybridized carbons (Fsp3) is 0.964. The Morgan fingerprint density at radius 3 is 2.00 bits per heavy atom. The number of ether oxygens (including phenoxy) is 1. The highest BCUT2D eigenvalue weighted by Gasteiger charge is 2.28. The molecule has 0 radical (unpaired) electrons. The van der Waals surface area contributed by atoms with Crippen molar-refractivity contribution in [3.63, 3.8) is 0 Å². The molecule has 184 valence electrons. The highest BCUT2D eigenvalue weighted by Crippen LogP contribution is 2.27. The summed E-state index contributed by atoms with van der Waals surface area (Å²) in [6, 6.07) is 0. The van der Waals surface area contributed by atoms with Crippen LogP contribution < -0.4 is 0 Å². The van der Waals surface area contributed by atoms with Crippen LogP contribution in [0.15, 0.2) is 0 Å². The number of likely N-dealkylation sites (tertiary alicyclic amines) is 1. The molecule has 1 rings (SSSR count). The third-order valence-electron chi connectivity index (χ3n) is 7.20. The highest BCUT2D eigenvalue weighted by atomic mass is 16.5. The van der Waals surface area contributed by atoms with Crippen molar-refractivity contribution in [1.29, 1.82) is 0 Å². The minimum Gasteiger partial charge on any atom is -0.465 e. The second-order valence-electron chi connectivity index (χ2n) is 10.7. The maximum absolute atomic E-state index is 12.6. The second kappa shape index (κ2) is 17.9. The van der Waals surface area contributed by atoms with Crippen LogP contribution in [0.2, 0.25) is 0 Å². The van der Waals surface area contributed by atoms with Crippen molar-refractivity contribution < 1.29 is 9.53 Å². The molecule has 0 spiro atoms. The number of nitrogens with zero attached hydrogens (tertiary/aromatic N) is 1. The molecule has 3 nitrogen and oxygen atoms in total. The second-order valence-corrected chi connectivity index (χ2v) is 10.7. The first-order valence-electron chi connectivity index (χ1n) is 13.9. The van der Waals surface area contributed by atoms with Gasteiger partial charge in [-0.15, -0.1) is 0 Å². The van der Waals surface area contributed by atoms with Crippen LogP contribution in [0.5, 0.6) is 0 Å². The molecule has 0 aromatic heterocycles. The molecular formula is C28H55NO2. The third kappa shape index (κ3) is 14.2. The number of esters is 1. The summed E-state index contributed by atoms with van der Waals surface area (Å²) < 4.78 is 5.71. The molecule has 0 aromatic carbocycles. The molecule has 1 aliphatic heterocycles. The lowest BCUT2D eigenvalue weighted by Gasteiger charge is -2.23. The summed E-state index contributed by atoms with van der Waals surface area (Å²) in [5.41, 5.74) is -0.337. The van der Waals surface area contributed by atoms with Crippen LogP contribution in [-0.4, -0.2) is 37.1 Å². The minimum atomic E-state index is -0.337. The lowest BCUT2D eigenvalue weighted by Crippen LogP contribution is -2.27. The van der Waals surface area contributed by atoms with Gasteiger partial charge in [0, 0.05) is 0 Å². The molecular weight excluding hydrogens is 382 g/mol. The molecule has 0 bridgehead atoms. The SMILES string of the molecule is CCCCCC(CCCCC)CCCOC(=O)C(C)(C)CCCCCCN1CCCC1. The van der Waals surface area contributed by atoms with Gasteiger partial charge in [-0.25, -0.2) is 0 Å². The van der Waals surface area contributed by atoms with Gasteiger partial charge in [0.05, 0.1) is 12.0 Å². The Labute approximate surface area is 195 Å². The van der Waals surface area contributed by atoms with Crippen molar-refractivity contribution in [2.24, 2.45) is 11.3 Å². The monoisotopic (exact) mass is 437 g/mol. The van der Waals surface area contributed by atoms with Gasteiger partial charge in [0.15, 0.2) is 0 Å². The number of carbonyl (C=O) groups is 1. The minimum absolute atomic E-state index is 0.0121. The van der Waals surface area contributed by atoms with E-state index in [1.807, 2.05) is 0 Å². The molecule has 0 aliphatic carbocycles. The summed E-state index contributed by atoms with van der Waals surface area (Å²) in [7, 11) is 0. The Morgan fingerprint density at radius 2 is 1.39 bits per heavy atom. The maximum atomic E-state index is 12.6. The summed E-state index contributed by atoms with van der Waals surface area (Å²) in [4.78, 5) is 15.2. The van der Waals surface area contributed by atoms with Gasteiger partial charge < -0.3 is 9.64 Å². The molecule has 0 aromatic rings. The van der Waals surface area contributed by atoms with Gasteiger partial charge in [0.1, 0.15) is 0 Å². The number of carbonyl (C=O) groups excluding carboxylic acids is 1. The lowest BCUT2D eigenvalue weighted by atomic mass is 9.87. The molecule has 0 saturated carbocycles. The smallest absolute Gasteiger partial charge is 0.311 e. The van der Waals surface area contributed by atoms with Crippen molar-refractivity contribution in [2.45, 2.75) is 137 Å². The molecule has 3 heteroatoms. The zero-order valence-corrected chi connectivity index (χ0v) is 21.7. The van der Waals surface area contributed by atoms with Crippen LogP contribution >= 0.6 is 0 Å². The zero-order chi connectivity index (χ0) is 22.8. The predicted molar refractivity (Wildman–Crippen MR) is 135 cm³/mol. The van der Waals surface area contributed by atoms with Gasteiger partial charge in [-0.2, -0.15) is 0 Å². The van der Waals surface area contributed by atoms with Crippen molar-refractivity contribution in [2.75, 3.05) is 26.2 Å². The Bertz CT molecular complexity index is 419. The lowest BCUT2D eigenvalue weighted by molar-refractivity contribution is -0.154. The molecule has 0 N–H and O–H groups in total. The molecule has 0 atom stereocenters. The van der Waals surface area contributed by atoms with Gasteiger partial charge in [-0.3, -0.25) is 4.79 Å². The molecule has 0 unspecified atom stereocenters. The summed E-state index contributed by atoms with van der Waals surface area (Å²) in [6.07, 6.45) is 21.7. The van der Waals surface area contributed by atoms with Gasteiger partial charge in [0.25, 0.3) is 0 Å². The quantitative estimate of drug-likeness (QED) is 0.142. The van der Waals surface area contributed by atoms with Crippen LogP contribution in [0.1, 0.15) is 137 Å². The molecule has 31 heavy (non-hydrogen) atoms. The molecule has 1 fully saturated rings. The van der Waals surface area contributed by atoms with E-state index in [0.717, 1.165) is 25.2 Å². The Kier molecular flexibility index (Phi) is 16.5. The number of rotatable bonds is 20. The van der Waals surface area contributed by atoms with E-state index in [1.165, 1.54) is 110 Å². The van der Waals surface area contributed by atoms with E-state index in [-0.39, 0.29) is 11.4 Å². The van der Waals surface area contributed by atoms with E-state index >= 15 is 0 Å². The summed E-state index contributed by atoms with van der Waals surface area (Å²) in [6.45, 7) is 13.2. The van der Waals surface area contributed by atoms with Gasteiger partial charge >= 0.3 is 5.97 Å². The number of hydrogen-bond acceptors (Lipinski definition) is 3. The van der Waals surface area contributed by atoms with Crippen LogP contribution in [0.3, 0.4) is 0 Å². The summed E-state index contributed by atoms with van der Waals surface area (Å²) >= 11 is 0. The van der Waals surface area contributed by atoms with E-state index < -0.39 is 0 Å². The van der Waals surface area contributed by atoms with E-state index in [1.54, 1.807) is 0 Å². The molecule has 1 aliphatic rings. The van der Waals surface area contributed by atoms with Crippen molar-refractivity contribution in [3.05, 3.63) is 0 Å². The number of hydrogen-bond donors (Lipinski definition) is 0. The molecule has 1 saturated heterocycles. The topological polar surface area (TPSA) is 29.5 Å². The van der Waals surface area contributed by atoms with Crippen molar-refractivity contribution in [1.82, 2.24) is 4.90 Å². The van der Waals surface area contributed by atoms with Crippen LogP contribution in [0.4, 0.5) is 0 Å². The first-order chi connectivity index (χ1) is 15.0. The fourth-order valence-corrected chi connectivity index (χ4v) is 4.90. The average Bonchev–Trinajstić information content (AvgIpc) is 3.26. The van der Waals surface area contributed by atoms with E-state index in [9.17, 15) is 4.79 Å². The zero-order valence-electron chi connectivity index (χ0n) is 21.7. The van der Waals surface area contributed by atoms with Crippen LogP contribution in [0.25, 0.3) is 0 Å². The highest BCUT2D eigenvalue weighted by molar-refractivity contribution is 5.75. The first-order valence-corrected chi connectivity index (χ1v) is 13.9. The summed E-state index contributed by atoms with van der Waals surface area (Å²) in [5.74, 6) is 0.837. The van der Waals surface area contributed by atoms with E-state index in [0.29, 0.717) is 6.61 Å². The third-order valence-corrected chi connectivity index (χ3v) is 7.20. The maximum Gasteiger partial charge on any atom is 0.311 e. The number of unbranched alkanes of at least 4 members (excludes halogenated alkanes) is 7. The van der Waals surface area contributed by atoms with Crippen LogP contribution in [-0.2, 0) is 9.53 Å². The van der Waals surface area contributed by atoms with Gasteiger partial charge in [-0.1, -0.05) is 84.5 Å².